The fourth-order valence-electron chi connectivity index (χ4n) is 6.83. The average Bonchev–Trinajstić information content (AvgIpc) is 3.39. The third-order valence-corrected chi connectivity index (χ3v) is 9.20. The van der Waals surface area contributed by atoms with Crippen LogP contribution in [0.25, 0.3) is 0 Å². The highest BCUT2D eigenvalue weighted by atomic mass is 16.4. The lowest BCUT2D eigenvalue weighted by atomic mass is 9.84. The maximum absolute atomic E-state index is 12.4. The topological polar surface area (TPSA) is 64.0 Å². The number of likely N-dealkylation sites (tertiary alicyclic amines) is 2. The maximum atomic E-state index is 12.4. The number of aryl methyl sites for hydroxylation is 2. The van der Waals surface area contributed by atoms with Crippen LogP contribution in [0.5, 0.6) is 0 Å². The largest absolute Gasteiger partial charge is 0.480 e. The Bertz CT molecular complexity index is 1180. The Labute approximate surface area is 239 Å². The molecule has 40 heavy (non-hydrogen) atoms. The van der Waals surface area contributed by atoms with E-state index < -0.39 is 17.6 Å². The van der Waals surface area contributed by atoms with E-state index in [0.717, 1.165) is 71.2 Å². The van der Waals surface area contributed by atoms with Crippen LogP contribution in [-0.2, 0) is 17.6 Å². The molecule has 0 amide bonds. The van der Waals surface area contributed by atoms with Crippen molar-refractivity contribution < 1.29 is 15.0 Å². The van der Waals surface area contributed by atoms with Gasteiger partial charge in [0.15, 0.2) is 0 Å². The van der Waals surface area contributed by atoms with Gasteiger partial charge in [0.25, 0.3) is 0 Å². The molecule has 2 N–H and O–H groups in total. The highest BCUT2D eigenvalue weighted by Gasteiger charge is 2.41. The van der Waals surface area contributed by atoms with Gasteiger partial charge in [0.05, 0.1) is 5.60 Å². The number of carboxylic acids is 1. The number of hydrogen-bond acceptors (Lipinski definition) is 4. The first-order chi connectivity index (χ1) is 19.5. The summed E-state index contributed by atoms with van der Waals surface area (Å²) in [6.45, 7) is 4.31. The van der Waals surface area contributed by atoms with Gasteiger partial charge in [-0.2, -0.15) is 0 Å². The molecule has 2 fully saturated rings. The minimum atomic E-state index is -0.720. The first kappa shape index (κ1) is 28.5. The molecule has 2 heterocycles. The van der Waals surface area contributed by atoms with Gasteiger partial charge in [0, 0.05) is 38.6 Å². The molecule has 3 atom stereocenters. The van der Waals surface area contributed by atoms with Crippen molar-refractivity contribution in [3.63, 3.8) is 0 Å². The van der Waals surface area contributed by atoms with E-state index in [1.807, 2.05) is 24.3 Å². The zero-order valence-electron chi connectivity index (χ0n) is 23.6. The van der Waals surface area contributed by atoms with Crippen molar-refractivity contribution >= 4 is 5.97 Å². The van der Waals surface area contributed by atoms with Crippen LogP contribution in [-0.4, -0.2) is 70.3 Å². The van der Waals surface area contributed by atoms with Gasteiger partial charge < -0.3 is 15.1 Å². The van der Waals surface area contributed by atoms with Crippen LogP contribution in [0, 0.1) is 5.92 Å². The molecule has 3 aromatic carbocycles. The molecule has 0 radical (unpaired) electrons. The van der Waals surface area contributed by atoms with Gasteiger partial charge in [-0.15, -0.1) is 0 Å². The number of rotatable bonds is 12. The third-order valence-electron chi connectivity index (χ3n) is 9.20. The average molecular weight is 541 g/mol. The number of piperidine rings is 1. The Balaban J connectivity index is 1.19. The van der Waals surface area contributed by atoms with Crippen LogP contribution in [0.2, 0.25) is 0 Å². The summed E-state index contributed by atoms with van der Waals surface area (Å²) < 4.78 is 0. The summed E-state index contributed by atoms with van der Waals surface area (Å²) in [5.74, 6) is -0.0429. The van der Waals surface area contributed by atoms with Crippen LogP contribution < -0.4 is 0 Å². The zero-order chi connectivity index (χ0) is 27.8. The molecule has 0 saturated carbocycles. The van der Waals surface area contributed by atoms with E-state index in [9.17, 15) is 15.0 Å². The van der Waals surface area contributed by atoms with Gasteiger partial charge in [0.2, 0.25) is 0 Å². The predicted molar refractivity (Wildman–Crippen MR) is 160 cm³/mol. The third kappa shape index (κ3) is 7.60. The number of benzene rings is 3. The van der Waals surface area contributed by atoms with Crippen molar-refractivity contribution in [3.8, 4) is 0 Å². The highest BCUT2D eigenvalue weighted by molar-refractivity contribution is 5.73. The van der Waals surface area contributed by atoms with Crippen LogP contribution in [0.3, 0.4) is 0 Å². The van der Waals surface area contributed by atoms with Gasteiger partial charge >= 0.3 is 5.97 Å². The molecule has 5 heteroatoms. The molecule has 2 saturated heterocycles. The summed E-state index contributed by atoms with van der Waals surface area (Å²) in [6, 6.07) is 30.9. The fourth-order valence-corrected chi connectivity index (χ4v) is 6.83. The van der Waals surface area contributed by atoms with Crippen molar-refractivity contribution in [2.75, 3.05) is 32.7 Å². The van der Waals surface area contributed by atoms with Crippen LogP contribution >= 0.6 is 0 Å². The highest BCUT2D eigenvalue weighted by Crippen LogP contribution is 2.36. The van der Waals surface area contributed by atoms with Gasteiger partial charge in [0.1, 0.15) is 6.04 Å². The molecular formula is C35H44N2O3. The Kier molecular flexibility index (Phi) is 9.69. The van der Waals surface area contributed by atoms with E-state index >= 15 is 0 Å². The molecule has 3 unspecified atom stereocenters. The summed E-state index contributed by atoms with van der Waals surface area (Å²) >= 11 is 0. The summed E-state index contributed by atoms with van der Waals surface area (Å²) in [6.07, 6.45) is 5.87. The molecule has 0 spiro atoms. The van der Waals surface area contributed by atoms with Crippen LogP contribution in [0.1, 0.15) is 54.7 Å². The fraction of sp³-hybridized carbons (Fsp3) is 0.457. The van der Waals surface area contributed by atoms with Crippen molar-refractivity contribution in [3.05, 3.63) is 108 Å². The van der Waals surface area contributed by atoms with Gasteiger partial charge in [-0.3, -0.25) is 9.69 Å². The number of carbonyl (C=O) groups is 1. The van der Waals surface area contributed by atoms with Gasteiger partial charge in [-0.25, -0.2) is 0 Å². The molecular weight excluding hydrogens is 496 g/mol. The lowest BCUT2D eigenvalue weighted by Gasteiger charge is -2.40. The Morgan fingerprint density at radius 2 is 1.40 bits per heavy atom. The predicted octanol–water partition coefficient (Wildman–Crippen LogP) is 5.64. The van der Waals surface area contributed by atoms with E-state index in [4.69, 9.17) is 0 Å². The summed E-state index contributed by atoms with van der Waals surface area (Å²) in [4.78, 5) is 17.1. The van der Waals surface area contributed by atoms with Crippen molar-refractivity contribution in [2.24, 2.45) is 5.92 Å². The SMILES string of the molecule is O=C(O)C(CCc1ccccc1)N1CC(CN2CCC(O)(CCCc3ccccc3)CC2)C(c2ccccc2)C1. The number of nitrogens with zero attached hydrogens (tertiary/aromatic N) is 2. The van der Waals surface area contributed by atoms with E-state index in [2.05, 4.69) is 76.5 Å². The van der Waals surface area contributed by atoms with Crippen LogP contribution in [0.15, 0.2) is 91.0 Å². The van der Waals surface area contributed by atoms with Crippen molar-refractivity contribution in [2.45, 2.75) is 62.5 Å². The Hall–Kier alpha value is -2.99. The Morgan fingerprint density at radius 3 is 2.00 bits per heavy atom. The first-order valence-corrected chi connectivity index (χ1v) is 15.0. The summed E-state index contributed by atoms with van der Waals surface area (Å²) in [5.41, 5.74) is 3.26. The lowest BCUT2D eigenvalue weighted by Crippen LogP contribution is -2.46. The molecule has 0 aliphatic carbocycles. The molecule has 5 nitrogen and oxygen atoms in total. The normalized spacial score (nSPS) is 22.2. The molecule has 3 aromatic rings. The molecule has 212 valence electrons. The van der Waals surface area contributed by atoms with Crippen molar-refractivity contribution in [1.29, 1.82) is 0 Å². The second kappa shape index (κ2) is 13.6. The van der Waals surface area contributed by atoms with Crippen LogP contribution in [0.4, 0.5) is 0 Å². The minimum Gasteiger partial charge on any atom is -0.480 e. The number of aliphatic carboxylic acids is 1. The summed E-state index contributed by atoms with van der Waals surface area (Å²) in [5, 5.41) is 21.5. The zero-order valence-corrected chi connectivity index (χ0v) is 23.6. The number of hydrogen-bond donors (Lipinski definition) is 2. The molecule has 0 bridgehead atoms. The monoisotopic (exact) mass is 540 g/mol. The lowest BCUT2D eigenvalue weighted by molar-refractivity contribution is -0.143. The van der Waals surface area contributed by atoms with E-state index in [0.29, 0.717) is 18.3 Å². The summed E-state index contributed by atoms with van der Waals surface area (Å²) in [7, 11) is 0. The number of aliphatic hydroxyl groups is 1. The maximum Gasteiger partial charge on any atom is 0.320 e. The molecule has 2 aliphatic heterocycles. The quantitative estimate of drug-likeness (QED) is 0.311. The van der Waals surface area contributed by atoms with Gasteiger partial charge in [-0.1, -0.05) is 91.0 Å². The number of carboxylic acid groups (broad SMARTS) is 1. The van der Waals surface area contributed by atoms with Gasteiger partial charge in [-0.05, 0) is 67.6 Å². The molecule has 2 aliphatic rings. The second-order valence-corrected chi connectivity index (χ2v) is 12.0. The molecule has 5 rings (SSSR count). The standard InChI is InChI=1S/C35H44N2O3/c38-34(39)33(19-18-29-13-6-2-7-14-29)37-26-31(32(27-37)30-16-8-3-9-17-30)25-36-23-21-35(40,22-24-36)20-10-15-28-11-4-1-5-12-28/h1-9,11-14,16-17,31-33,40H,10,15,18-27H2,(H,38,39). The van der Waals surface area contributed by atoms with E-state index in [1.54, 1.807) is 0 Å². The van der Waals surface area contributed by atoms with E-state index in [-0.39, 0.29) is 0 Å². The Morgan fingerprint density at radius 1 is 0.825 bits per heavy atom. The minimum absolute atomic E-state index is 0.312. The van der Waals surface area contributed by atoms with E-state index in [1.165, 1.54) is 16.7 Å². The first-order valence-electron chi connectivity index (χ1n) is 15.0. The second-order valence-electron chi connectivity index (χ2n) is 12.0. The van der Waals surface area contributed by atoms with Crippen molar-refractivity contribution in [1.82, 2.24) is 9.80 Å². The molecule has 0 aromatic heterocycles. The smallest absolute Gasteiger partial charge is 0.320 e.